The molecule has 2 aromatic rings. The molecule has 1 heterocycles. The van der Waals surface area contributed by atoms with Gasteiger partial charge in [0.05, 0.1) is 6.20 Å². The van der Waals surface area contributed by atoms with Crippen molar-refractivity contribution in [3.05, 3.63) is 52.8 Å². The molecule has 0 bridgehead atoms. The molecule has 1 aliphatic rings. The quantitative estimate of drug-likeness (QED) is 0.888. The maximum Gasteiger partial charge on any atom is 0.248 e. The standard InChI is InChI=1S/C17H22N4O/c1-2-21-16-8-4-7-15(14(16)11-20-21)19-10-12-5-3-6-13(9-12)17(18)22/h3,5-6,9,11,15,19H,2,4,7-8,10H2,1H3,(H2,18,22). The van der Waals surface area contributed by atoms with Gasteiger partial charge in [0, 0.05) is 36.0 Å². The number of aromatic nitrogens is 2. The number of fused-ring (bicyclic) bond motifs is 1. The van der Waals surface area contributed by atoms with Crippen LogP contribution in [0.3, 0.4) is 0 Å². The zero-order chi connectivity index (χ0) is 15.5. The first kappa shape index (κ1) is 14.8. The molecule has 0 aliphatic heterocycles. The van der Waals surface area contributed by atoms with Crippen molar-refractivity contribution >= 4 is 5.91 Å². The molecular weight excluding hydrogens is 276 g/mol. The lowest BCUT2D eigenvalue weighted by Crippen LogP contribution is -2.25. The number of amides is 1. The third kappa shape index (κ3) is 2.90. The number of rotatable bonds is 5. The van der Waals surface area contributed by atoms with Crippen LogP contribution < -0.4 is 11.1 Å². The van der Waals surface area contributed by atoms with Crippen LogP contribution in [0.5, 0.6) is 0 Å². The zero-order valence-electron chi connectivity index (χ0n) is 12.9. The molecule has 1 atom stereocenters. The SMILES string of the molecule is CCn1ncc2c1CCCC2NCc1cccc(C(N)=O)c1. The highest BCUT2D eigenvalue weighted by atomic mass is 16.1. The second-order valence-corrected chi connectivity index (χ2v) is 5.75. The Morgan fingerprint density at radius 1 is 1.50 bits per heavy atom. The van der Waals surface area contributed by atoms with Gasteiger partial charge in [-0.1, -0.05) is 12.1 Å². The van der Waals surface area contributed by atoms with Gasteiger partial charge in [-0.05, 0) is 43.9 Å². The van der Waals surface area contributed by atoms with E-state index in [1.54, 1.807) is 6.07 Å². The summed E-state index contributed by atoms with van der Waals surface area (Å²) < 4.78 is 2.09. The first-order chi connectivity index (χ1) is 10.7. The molecule has 1 aromatic heterocycles. The highest BCUT2D eigenvalue weighted by molar-refractivity contribution is 5.92. The largest absolute Gasteiger partial charge is 0.366 e. The second-order valence-electron chi connectivity index (χ2n) is 5.75. The van der Waals surface area contributed by atoms with Crippen molar-refractivity contribution in [2.75, 3.05) is 0 Å². The van der Waals surface area contributed by atoms with Gasteiger partial charge in [0.2, 0.25) is 5.91 Å². The lowest BCUT2D eigenvalue weighted by atomic mass is 9.92. The number of benzene rings is 1. The lowest BCUT2D eigenvalue weighted by molar-refractivity contribution is 0.1000. The molecule has 5 heteroatoms. The van der Waals surface area contributed by atoms with Gasteiger partial charge in [0.15, 0.2) is 0 Å². The molecular formula is C17H22N4O. The summed E-state index contributed by atoms with van der Waals surface area (Å²) in [5, 5.41) is 8.07. The maximum atomic E-state index is 11.2. The molecule has 0 radical (unpaired) electrons. The Morgan fingerprint density at radius 2 is 2.36 bits per heavy atom. The van der Waals surface area contributed by atoms with Crippen molar-refractivity contribution in [2.24, 2.45) is 5.73 Å². The van der Waals surface area contributed by atoms with Crippen LogP contribution in [0, 0.1) is 0 Å². The number of nitrogens with two attached hydrogens (primary N) is 1. The number of hydrogen-bond donors (Lipinski definition) is 2. The molecule has 1 aliphatic carbocycles. The predicted octanol–water partition coefficient (Wildman–Crippen LogP) is 2.17. The van der Waals surface area contributed by atoms with Crippen LogP contribution in [-0.4, -0.2) is 15.7 Å². The van der Waals surface area contributed by atoms with Crippen LogP contribution in [-0.2, 0) is 19.5 Å². The highest BCUT2D eigenvalue weighted by Gasteiger charge is 2.23. The van der Waals surface area contributed by atoms with E-state index in [9.17, 15) is 4.79 Å². The van der Waals surface area contributed by atoms with E-state index in [2.05, 4.69) is 22.0 Å². The predicted molar refractivity (Wildman–Crippen MR) is 85.4 cm³/mol. The average molecular weight is 298 g/mol. The molecule has 5 nitrogen and oxygen atoms in total. The summed E-state index contributed by atoms with van der Waals surface area (Å²) in [5.41, 5.74) is 9.64. The first-order valence-corrected chi connectivity index (χ1v) is 7.85. The van der Waals surface area contributed by atoms with Crippen molar-refractivity contribution < 1.29 is 4.79 Å². The van der Waals surface area contributed by atoms with Crippen LogP contribution in [0.2, 0.25) is 0 Å². The fourth-order valence-corrected chi connectivity index (χ4v) is 3.18. The molecule has 1 aromatic carbocycles. The minimum absolute atomic E-state index is 0.335. The van der Waals surface area contributed by atoms with Crippen molar-refractivity contribution in [1.82, 2.24) is 15.1 Å². The van der Waals surface area contributed by atoms with E-state index in [-0.39, 0.29) is 5.91 Å². The van der Waals surface area contributed by atoms with Gasteiger partial charge in [-0.25, -0.2) is 0 Å². The number of hydrogen-bond acceptors (Lipinski definition) is 3. The van der Waals surface area contributed by atoms with E-state index in [0.717, 1.165) is 31.5 Å². The molecule has 3 rings (SSSR count). The van der Waals surface area contributed by atoms with E-state index in [1.165, 1.54) is 17.7 Å². The third-order valence-corrected chi connectivity index (χ3v) is 4.33. The summed E-state index contributed by atoms with van der Waals surface area (Å²) in [6.45, 7) is 3.77. The topological polar surface area (TPSA) is 72.9 Å². The molecule has 0 fully saturated rings. The summed E-state index contributed by atoms with van der Waals surface area (Å²) in [6, 6.07) is 7.82. The van der Waals surface area contributed by atoms with Gasteiger partial charge in [-0.2, -0.15) is 5.10 Å². The second kappa shape index (κ2) is 6.32. The van der Waals surface area contributed by atoms with Gasteiger partial charge in [-0.15, -0.1) is 0 Å². The van der Waals surface area contributed by atoms with E-state index in [0.29, 0.717) is 11.6 Å². The molecule has 0 saturated carbocycles. The number of primary amides is 1. The van der Waals surface area contributed by atoms with Crippen molar-refractivity contribution in [1.29, 1.82) is 0 Å². The van der Waals surface area contributed by atoms with Gasteiger partial charge < -0.3 is 11.1 Å². The molecule has 3 N–H and O–H groups in total. The molecule has 0 saturated heterocycles. The van der Waals surface area contributed by atoms with Crippen molar-refractivity contribution in [2.45, 2.75) is 45.3 Å². The number of nitrogens with one attached hydrogen (secondary N) is 1. The fraction of sp³-hybridized carbons (Fsp3) is 0.412. The monoisotopic (exact) mass is 298 g/mol. The van der Waals surface area contributed by atoms with Crippen LogP contribution in [0.1, 0.15) is 53.0 Å². The van der Waals surface area contributed by atoms with Crippen LogP contribution in [0.15, 0.2) is 30.5 Å². The number of carbonyl (C=O) groups is 1. The van der Waals surface area contributed by atoms with E-state index in [1.807, 2.05) is 24.4 Å². The summed E-state index contributed by atoms with van der Waals surface area (Å²) in [5.74, 6) is -0.383. The summed E-state index contributed by atoms with van der Waals surface area (Å²) in [7, 11) is 0. The lowest BCUT2D eigenvalue weighted by Gasteiger charge is -2.24. The Balaban J connectivity index is 1.71. The minimum atomic E-state index is -0.383. The minimum Gasteiger partial charge on any atom is -0.366 e. The Morgan fingerprint density at radius 3 is 3.14 bits per heavy atom. The fourth-order valence-electron chi connectivity index (χ4n) is 3.18. The van der Waals surface area contributed by atoms with E-state index in [4.69, 9.17) is 5.73 Å². The van der Waals surface area contributed by atoms with Crippen molar-refractivity contribution in [3.63, 3.8) is 0 Å². The Kier molecular flexibility index (Phi) is 4.24. The molecule has 22 heavy (non-hydrogen) atoms. The van der Waals surface area contributed by atoms with Crippen LogP contribution in [0.25, 0.3) is 0 Å². The van der Waals surface area contributed by atoms with Crippen molar-refractivity contribution in [3.8, 4) is 0 Å². The Hall–Kier alpha value is -2.14. The summed E-state index contributed by atoms with van der Waals surface area (Å²) >= 11 is 0. The summed E-state index contributed by atoms with van der Waals surface area (Å²) in [4.78, 5) is 11.2. The highest BCUT2D eigenvalue weighted by Crippen LogP contribution is 2.29. The van der Waals surface area contributed by atoms with E-state index >= 15 is 0 Å². The van der Waals surface area contributed by atoms with Gasteiger partial charge >= 0.3 is 0 Å². The molecule has 1 amide bonds. The van der Waals surface area contributed by atoms with Crippen LogP contribution >= 0.6 is 0 Å². The summed E-state index contributed by atoms with van der Waals surface area (Å²) in [6.07, 6.45) is 5.41. The third-order valence-electron chi connectivity index (χ3n) is 4.33. The number of nitrogens with zero attached hydrogens (tertiary/aromatic N) is 2. The Bertz CT molecular complexity index is 677. The number of aryl methyl sites for hydroxylation is 1. The smallest absolute Gasteiger partial charge is 0.248 e. The van der Waals surface area contributed by atoms with Gasteiger partial charge in [-0.3, -0.25) is 9.48 Å². The van der Waals surface area contributed by atoms with Crippen LogP contribution in [0.4, 0.5) is 0 Å². The first-order valence-electron chi connectivity index (χ1n) is 7.85. The van der Waals surface area contributed by atoms with Gasteiger partial charge in [0.25, 0.3) is 0 Å². The van der Waals surface area contributed by atoms with Gasteiger partial charge in [0.1, 0.15) is 0 Å². The molecule has 116 valence electrons. The van der Waals surface area contributed by atoms with E-state index < -0.39 is 0 Å². The average Bonchev–Trinajstić information content (AvgIpc) is 2.97. The maximum absolute atomic E-state index is 11.2. The molecule has 0 spiro atoms. The normalized spacial score (nSPS) is 17.2. The Labute approximate surface area is 130 Å². The zero-order valence-corrected chi connectivity index (χ0v) is 12.9. The number of carbonyl (C=O) groups excluding carboxylic acids is 1. The molecule has 1 unspecified atom stereocenters.